The summed E-state index contributed by atoms with van der Waals surface area (Å²) >= 11 is 0. The monoisotopic (exact) mass is 357 g/mol. The maximum absolute atomic E-state index is 12.9. The van der Waals surface area contributed by atoms with Gasteiger partial charge in [-0.15, -0.1) is 0 Å². The highest BCUT2D eigenvalue weighted by Gasteiger charge is 2.35. The molecule has 2 aromatic rings. The quantitative estimate of drug-likeness (QED) is 0.845. The van der Waals surface area contributed by atoms with Crippen LogP contribution >= 0.6 is 0 Å². The lowest BCUT2D eigenvalue weighted by molar-refractivity contribution is 0.0791. The van der Waals surface area contributed by atoms with Crippen molar-refractivity contribution in [3.63, 3.8) is 0 Å². The number of likely N-dealkylation sites (tertiary alicyclic amines) is 1. The van der Waals surface area contributed by atoms with Crippen molar-refractivity contribution in [1.82, 2.24) is 24.1 Å². The molecule has 7 nitrogen and oxygen atoms in total. The molecule has 1 fully saturated rings. The van der Waals surface area contributed by atoms with Gasteiger partial charge in [-0.1, -0.05) is 13.0 Å². The van der Waals surface area contributed by atoms with Gasteiger partial charge in [0.25, 0.3) is 5.91 Å². The molecular formula is C19H27N5O2. The van der Waals surface area contributed by atoms with Crippen molar-refractivity contribution in [2.45, 2.75) is 32.2 Å². The molecule has 140 valence electrons. The van der Waals surface area contributed by atoms with E-state index < -0.39 is 0 Å². The fourth-order valence-electron chi connectivity index (χ4n) is 3.59. The zero-order chi connectivity index (χ0) is 18.8. The first-order valence-corrected chi connectivity index (χ1v) is 9.16. The molecular weight excluding hydrogens is 330 g/mol. The SMILES string of the molecule is CCCN(C)C(=O)c1nc([C@H]2CCCN2C(=O)N(C)C)n2ccccc12. The summed E-state index contributed by atoms with van der Waals surface area (Å²) in [6.07, 6.45) is 4.61. The molecule has 0 bridgehead atoms. The summed E-state index contributed by atoms with van der Waals surface area (Å²) in [6, 6.07) is 5.62. The molecule has 0 aromatic carbocycles. The molecule has 3 amide bonds. The molecule has 3 rings (SSSR count). The first-order valence-electron chi connectivity index (χ1n) is 9.16. The number of hydrogen-bond donors (Lipinski definition) is 0. The van der Waals surface area contributed by atoms with Gasteiger partial charge in [0.2, 0.25) is 0 Å². The molecule has 0 radical (unpaired) electrons. The van der Waals surface area contributed by atoms with Crippen LogP contribution < -0.4 is 0 Å². The molecule has 2 aromatic heterocycles. The van der Waals surface area contributed by atoms with Gasteiger partial charge >= 0.3 is 6.03 Å². The Bertz CT molecular complexity index is 813. The molecule has 1 saturated heterocycles. The van der Waals surface area contributed by atoms with Crippen LogP contribution in [0.15, 0.2) is 24.4 Å². The second kappa shape index (κ2) is 7.35. The van der Waals surface area contributed by atoms with E-state index in [0.29, 0.717) is 18.8 Å². The minimum atomic E-state index is -0.113. The van der Waals surface area contributed by atoms with Gasteiger partial charge in [-0.05, 0) is 31.4 Å². The number of fused-ring (bicyclic) bond motifs is 1. The Hall–Kier alpha value is -2.57. The number of imidazole rings is 1. The van der Waals surface area contributed by atoms with E-state index in [-0.39, 0.29) is 18.0 Å². The van der Waals surface area contributed by atoms with Crippen LogP contribution in [0, 0.1) is 0 Å². The molecule has 26 heavy (non-hydrogen) atoms. The lowest BCUT2D eigenvalue weighted by Crippen LogP contribution is -2.39. The van der Waals surface area contributed by atoms with Crippen molar-refractivity contribution in [2.75, 3.05) is 34.2 Å². The topological polar surface area (TPSA) is 61.2 Å². The third kappa shape index (κ3) is 3.13. The van der Waals surface area contributed by atoms with Crippen LogP contribution in [0.4, 0.5) is 4.79 Å². The summed E-state index contributed by atoms with van der Waals surface area (Å²) in [5, 5.41) is 0. The molecule has 1 aliphatic rings. The lowest BCUT2D eigenvalue weighted by atomic mass is 10.2. The van der Waals surface area contributed by atoms with E-state index >= 15 is 0 Å². The highest BCUT2D eigenvalue weighted by molar-refractivity contribution is 5.99. The van der Waals surface area contributed by atoms with Crippen molar-refractivity contribution < 1.29 is 9.59 Å². The minimum Gasteiger partial charge on any atom is -0.340 e. The van der Waals surface area contributed by atoms with Crippen LogP contribution in [-0.4, -0.2) is 70.3 Å². The summed E-state index contributed by atoms with van der Waals surface area (Å²) < 4.78 is 1.96. The van der Waals surface area contributed by atoms with Gasteiger partial charge in [-0.3, -0.25) is 4.79 Å². The molecule has 3 heterocycles. The van der Waals surface area contributed by atoms with Crippen LogP contribution in [0.2, 0.25) is 0 Å². The number of amides is 3. The average Bonchev–Trinajstić information content (AvgIpc) is 3.25. The van der Waals surface area contributed by atoms with E-state index in [4.69, 9.17) is 4.98 Å². The van der Waals surface area contributed by atoms with E-state index in [9.17, 15) is 9.59 Å². The van der Waals surface area contributed by atoms with Crippen LogP contribution in [-0.2, 0) is 0 Å². The number of hydrogen-bond acceptors (Lipinski definition) is 3. The van der Waals surface area contributed by atoms with Gasteiger partial charge in [0.15, 0.2) is 5.69 Å². The summed E-state index contributed by atoms with van der Waals surface area (Å²) in [5.41, 5.74) is 1.25. The molecule has 0 spiro atoms. The summed E-state index contributed by atoms with van der Waals surface area (Å²) in [4.78, 5) is 35.3. The number of nitrogens with zero attached hydrogens (tertiary/aromatic N) is 5. The van der Waals surface area contributed by atoms with Crippen molar-refractivity contribution in [3.05, 3.63) is 35.9 Å². The summed E-state index contributed by atoms with van der Waals surface area (Å²) in [7, 11) is 5.32. The Morgan fingerprint density at radius 2 is 2.04 bits per heavy atom. The molecule has 0 aliphatic carbocycles. The normalized spacial score (nSPS) is 16.9. The van der Waals surface area contributed by atoms with Gasteiger partial charge < -0.3 is 19.1 Å². The number of rotatable bonds is 4. The van der Waals surface area contributed by atoms with Crippen LogP contribution in [0.1, 0.15) is 48.5 Å². The predicted molar refractivity (Wildman–Crippen MR) is 100 cm³/mol. The Morgan fingerprint density at radius 3 is 2.73 bits per heavy atom. The predicted octanol–water partition coefficient (Wildman–Crippen LogP) is 2.63. The fraction of sp³-hybridized carbons (Fsp3) is 0.526. The highest BCUT2D eigenvalue weighted by atomic mass is 16.2. The summed E-state index contributed by atoms with van der Waals surface area (Å²) in [5.74, 6) is 0.687. The smallest absolute Gasteiger partial charge is 0.320 e. The second-order valence-electron chi connectivity index (χ2n) is 7.03. The van der Waals surface area contributed by atoms with Gasteiger partial charge in [0, 0.05) is 40.4 Å². The van der Waals surface area contributed by atoms with Crippen molar-refractivity contribution in [2.24, 2.45) is 0 Å². The largest absolute Gasteiger partial charge is 0.340 e. The Morgan fingerprint density at radius 1 is 1.27 bits per heavy atom. The van der Waals surface area contributed by atoms with Gasteiger partial charge in [0.1, 0.15) is 5.82 Å². The number of carbonyl (C=O) groups is 2. The molecule has 7 heteroatoms. The number of aromatic nitrogens is 2. The maximum atomic E-state index is 12.9. The standard InChI is InChI=1S/C19H27N5O2/c1-5-11-22(4)18(25)16-14-9-6-7-12-23(14)17(20-16)15-10-8-13-24(15)19(26)21(2)3/h6-7,9,12,15H,5,8,10-11,13H2,1-4H3/t15-/m1/s1. The maximum Gasteiger partial charge on any atom is 0.320 e. The summed E-state index contributed by atoms with van der Waals surface area (Å²) in [6.45, 7) is 3.45. The number of pyridine rings is 1. The molecule has 0 unspecified atom stereocenters. The Kier molecular flexibility index (Phi) is 5.15. The third-order valence-electron chi connectivity index (χ3n) is 4.86. The second-order valence-corrected chi connectivity index (χ2v) is 7.03. The first-order chi connectivity index (χ1) is 12.5. The lowest BCUT2D eigenvalue weighted by Gasteiger charge is -2.27. The van der Waals surface area contributed by atoms with Crippen LogP contribution in [0.5, 0.6) is 0 Å². The molecule has 1 atom stereocenters. The van der Waals surface area contributed by atoms with Gasteiger partial charge in [0.05, 0.1) is 11.6 Å². The molecule has 0 N–H and O–H groups in total. The van der Waals surface area contributed by atoms with Crippen molar-refractivity contribution in [1.29, 1.82) is 0 Å². The number of urea groups is 1. The van der Waals surface area contributed by atoms with Crippen molar-refractivity contribution in [3.8, 4) is 0 Å². The van der Waals surface area contributed by atoms with E-state index in [1.54, 1.807) is 30.9 Å². The van der Waals surface area contributed by atoms with Crippen LogP contribution in [0.3, 0.4) is 0 Å². The van der Waals surface area contributed by atoms with E-state index in [1.807, 2.05) is 40.6 Å². The van der Waals surface area contributed by atoms with Gasteiger partial charge in [-0.25, -0.2) is 9.78 Å². The van der Waals surface area contributed by atoms with E-state index in [2.05, 4.69) is 0 Å². The zero-order valence-corrected chi connectivity index (χ0v) is 16.0. The third-order valence-corrected chi connectivity index (χ3v) is 4.86. The van der Waals surface area contributed by atoms with Gasteiger partial charge in [-0.2, -0.15) is 0 Å². The van der Waals surface area contributed by atoms with E-state index in [0.717, 1.165) is 30.6 Å². The van der Waals surface area contributed by atoms with E-state index in [1.165, 1.54) is 0 Å². The Labute approximate surface area is 154 Å². The molecule has 0 saturated carbocycles. The van der Waals surface area contributed by atoms with Crippen molar-refractivity contribution >= 4 is 17.5 Å². The minimum absolute atomic E-state index is 0.0174. The van der Waals surface area contributed by atoms with Crippen LogP contribution in [0.25, 0.3) is 5.52 Å². The number of carbonyl (C=O) groups excluding carboxylic acids is 2. The molecule has 1 aliphatic heterocycles. The zero-order valence-electron chi connectivity index (χ0n) is 16.0. The fourth-order valence-corrected chi connectivity index (χ4v) is 3.59. The highest BCUT2D eigenvalue weighted by Crippen LogP contribution is 2.33. The Balaban J connectivity index is 2.04. The first kappa shape index (κ1) is 18.2. The average molecular weight is 357 g/mol.